The first-order valence-corrected chi connectivity index (χ1v) is 8.40. The van der Waals surface area contributed by atoms with Gasteiger partial charge in [0, 0.05) is 25.8 Å². The van der Waals surface area contributed by atoms with Crippen LogP contribution >= 0.6 is 0 Å². The maximum Gasteiger partial charge on any atom is 0.330 e. The molecule has 0 aliphatic carbocycles. The van der Waals surface area contributed by atoms with Crippen molar-refractivity contribution in [2.75, 3.05) is 30.9 Å². The van der Waals surface area contributed by atoms with Crippen LogP contribution in [0.15, 0.2) is 33.9 Å². The molecule has 0 atom stereocenters. The molecule has 26 heavy (non-hydrogen) atoms. The minimum atomic E-state index is -0.697. The second-order valence-corrected chi connectivity index (χ2v) is 5.96. The van der Waals surface area contributed by atoms with E-state index in [1.807, 2.05) is 19.9 Å². The Hall–Kier alpha value is -2.87. The lowest BCUT2D eigenvalue weighted by molar-refractivity contribution is 0.0975. The van der Waals surface area contributed by atoms with E-state index in [0.29, 0.717) is 18.5 Å². The number of anilines is 2. The monoisotopic (exact) mass is 360 g/mol. The molecule has 3 N–H and O–H groups in total. The molecule has 0 fully saturated rings. The highest BCUT2D eigenvalue weighted by Gasteiger charge is 2.25. The van der Waals surface area contributed by atoms with Crippen LogP contribution in [-0.2, 0) is 11.3 Å². The number of benzene rings is 1. The summed E-state index contributed by atoms with van der Waals surface area (Å²) in [5.74, 6) is -0.414. The Balaban J connectivity index is 2.60. The number of nitrogens with one attached hydrogen (secondary N) is 1. The second kappa shape index (κ2) is 8.48. The van der Waals surface area contributed by atoms with Crippen LogP contribution in [0.4, 0.5) is 11.5 Å². The van der Waals surface area contributed by atoms with Gasteiger partial charge >= 0.3 is 5.69 Å². The van der Waals surface area contributed by atoms with E-state index in [4.69, 9.17) is 10.5 Å². The Morgan fingerprint density at radius 2 is 2.08 bits per heavy atom. The van der Waals surface area contributed by atoms with Gasteiger partial charge in [0.1, 0.15) is 5.82 Å². The van der Waals surface area contributed by atoms with E-state index in [1.54, 1.807) is 18.2 Å². The molecule has 8 heteroatoms. The van der Waals surface area contributed by atoms with Crippen molar-refractivity contribution in [2.24, 2.45) is 0 Å². The van der Waals surface area contributed by atoms with E-state index in [0.717, 1.165) is 5.56 Å². The van der Waals surface area contributed by atoms with E-state index in [9.17, 15) is 14.4 Å². The molecule has 0 aliphatic heterocycles. The third kappa shape index (κ3) is 4.02. The highest BCUT2D eigenvalue weighted by Crippen LogP contribution is 2.20. The molecule has 0 bridgehead atoms. The van der Waals surface area contributed by atoms with E-state index in [2.05, 4.69) is 4.98 Å². The molecule has 2 aromatic rings. The topological polar surface area (TPSA) is 110 Å². The van der Waals surface area contributed by atoms with Crippen molar-refractivity contribution in [3.8, 4) is 0 Å². The largest absolute Gasteiger partial charge is 0.383 e. The van der Waals surface area contributed by atoms with Crippen molar-refractivity contribution in [1.29, 1.82) is 0 Å². The van der Waals surface area contributed by atoms with Gasteiger partial charge in [0.05, 0.1) is 6.61 Å². The maximum atomic E-state index is 13.0. The maximum absolute atomic E-state index is 13.0. The number of methoxy groups -OCH3 is 1. The number of carbonyl (C=O) groups is 1. The average molecular weight is 360 g/mol. The number of amides is 1. The van der Waals surface area contributed by atoms with Gasteiger partial charge in [-0.1, -0.05) is 24.6 Å². The third-order valence-corrected chi connectivity index (χ3v) is 3.96. The Kier molecular flexibility index (Phi) is 6.35. The molecular formula is C18H24N4O4. The number of carbonyl (C=O) groups excluding carboxylic acids is 1. The lowest BCUT2D eigenvalue weighted by atomic mass is 10.1. The van der Waals surface area contributed by atoms with Gasteiger partial charge in [-0.15, -0.1) is 0 Å². The van der Waals surface area contributed by atoms with Crippen LogP contribution in [0.1, 0.15) is 29.3 Å². The molecule has 1 amide bonds. The number of nitrogens with zero attached hydrogens (tertiary/aromatic N) is 2. The number of hydrogen-bond acceptors (Lipinski definition) is 5. The number of ether oxygens (including phenoxy) is 1. The number of nitrogen functional groups attached to an aromatic ring is 1. The van der Waals surface area contributed by atoms with Crippen LogP contribution < -0.4 is 21.9 Å². The number of H-pyrrole nitrogens is 1. The predicted molar refractivity (Wildman–Crippen MR) is 101 cm³/mol. The van der Waals surface area contributed by atoms with Gasteiger partial charge in [-0.25, -0.2) is 4.79 Å². The predicted octanol–water partition coefficient (Wildman–Crippen LogP) is 1.13. The molecule has 0 aliphatic rings. The number of hydrogen-bond donors (Lipinski definition) is 2. The molecule has 0 radical (unpaired) electrons. The minimum Gasteiger partial charge on any atom is -0.383 e. The summed E-state index contributed by atoms with van der Waals surface area (Å²) < 4.78 is 6.33. The van der Waals surface area contributed by atoms with Crippen LogP contribution in [0.25, 0.3) is 0 Å². The zero-order valence-corrected chi connectivity index (χ0v) is 15.2. The van der Waals surface area contributed by atoms with Crippen LogP contribution in [0.5, 0.6) is 0 Å². The van der Waals surface area contributed by atoms with Gasteiger partial charge < -0.3 is 10.5 Å². The Labute approximate surface area is 151 Å². The van der Waals surface area contributed by atoms with Gasteiger partial charge in [-0.2, -0.15) is 0 Å². The summed E-state index contributed by atoms with van der Waals surface area (Å²) in [4.78, 5) is 41.0. The first-order valence-electron chi connectivity index (χ1n) is 8.40. The summed E-state index contributed by atoms with van der Waals surface area (Å²) >= 11 is 0. The molecule has 1 aromatic carbocycles. The second-order valence-electron chi connectivity index (χ2n) is 5.96. The highest BCUT2D eigenvalue weighted by atomic mass is 16.5. The fourth-order valence-electron chi connectivity index (χ4n) is 2.72. The summed E-state index contributed by atoms with van der Waals surface area (Å²) in [6, 6.07) is 7.04. The molecule has 0 spiro atoms. The summed E-state index contributed by atoms with van der Waals surface area (Å²) in [7, 11) is 1.50. The molecule has 140 valence electrons. The highest BCUT2D eigenvalue weighted by molar-refractivity contribution is 6.07. The van der Waals surface area contributed by atoms with Crippen molar-refractivity contribution in [2.45, 2.75) is 26.8 Å². The fraction of sp³-hybridized carbons (Fsp3) is 0.389. The molecule has 1 aromatic heterocycles. The SMILES string of the molecule is CCCn1c(N)c(N(CCOC)C(=O)c2cccc(C)c2)c(=O)[nH]c1=O. The van der Waals surface area contributed by atoms with Crippen LogP contribution in [0, 0.1) is 6.92 Å². The third-order valence-electron chi connectivity index (χ3n) is 3.96. The van der Waals surface area contributed by atoms with E-state index in [1.165, 1.54) is 16.6 Å². The first kappa shape index (κ1) is 19.5. The van der Waals surface area contributed by atoms with E-state index in [-0.39, 0.29) is 30.6 Å². The van der Waals surface area contributed by atoms with Crippen molar-refractivity contribution >= 4 is 17.4 Å². The van der Waals surface area contributed by atoms with E-state index < -0.39 is 11.2 Å². The van der Waals surface area contributed by atoms with Crippen molar-refractivity contribution in [3.63, 3.8) is 0 Å². The fourth-order valence-corrected chi connectivity index (χ4v) is 2.72. The zero-order valence-electron chi connectivity index (χ0n) is 15.2. The normalized spacial score (nSPS) is 10.7. The van der Waals surface area contributed by atoms with E-state index >= 15 is 0 Å². The van der Waals surface area contributed by atoms with Gasteiger partial charge in [0.25, 0.3) is 11.5 Å². The van der Waals surface area contributed by atoms with Gasteiger partial charge in [0.2, 0.25) is 0 Å². The first-order chi connectivity index (χ1) is 12.4. The number of rotatable bonds is 7. The van der Waals surface area contributed by atoms with Crippen LogP contribution in [0.3, 0.4) is 0 Å². The Morgan fingerprint density at radius 1 is 1.35 bits per heavy atom. The van der Waals surface area contributed by atoms with Crippen molar-refractivity contribution < 1.29 is 9.53 Å². The van der Waals surface area contributed by atoms with Crippen molar-refractivity contribution in [1.82, 2.24) is 9.55 Å². The van der Waals surface area contributed by atoms with Crippen LogP contribution in [-0.4, -0.2) is 35.7 Å². The number of aromatic amines is 1. The molecule has 1 heterocycles. The van der Waals surface area contributed by atoms with Crippen molar-refractivity contribution in [3.05, 3.63) is 56.2 Å². The van der Waals surface area contributed by atoms with Gasteiger partial charge in [0.15, 0.2) is 5.69 Å². The molecular weight excluding hydrogens is 336 g/mol. The lowest BCUT2D eigenvalue weighted by Crippen LogP contribution is -2.42. The Bertz CT molecular complexity index is 901. The lowest BCUT2D eigenvalue weighted by Gasteiger charge is -2.24. The Morgan fingerprint density at radius 3 is 2.69 bits per heavy atom. The number of nitrogens with two attached hydrogens (primary N) is 1. The van der Waals surface area contributed by atoms with Gasteiger partial charge in [-0.05, 0) is 25.5 Å². The molecule has 8 nitrogen and oxygen atoms in total. The zero-order chi connectivity index (χ0) is 19.3. The summed E-state index contributed by atoms with van der Waals surface area (Å²) in [5, 5.41) is 0. The summed E-state index contributed by atoms with van der Waals surface area (Å²) in [6.45, 7) is 4.44. The standard InChI is InChI=1S/C18H24N4O4/c1-4-8-22-15(19)14(16(23)20-18(22)25)21(9-10-26-3)17(24)13-7-5-6-12(2)11-13/h5-7,11H,4,8-10,19H2,1-3H3,(H,20,23,25). The summed E-state index contributed by atoms with van der Waals surface area (Å²) in [5.41, 5.74) is 6.11. The molecule has 0 unspecified atom stereocenters. The van der Waals surface area contributed by atoms with Crippen LogP contribution in [0.2, 0.25) is 0 Å². The average Bonchev–Trinajstić information content (AvgIpc) is 2.60. The molecule has 0 saturated heterocycles. The van der Waals surface area contributed by atoms with Gasteiger partial charge in [-0.3, -0.25) is 24.0 Å². The minimum absolute atomic E-state index is 0.0299. The number of aromatic nitrogens is 2. The molecule has 0 saturated carbocycles. The number of aryl methyl sites for hydroxylation is 1. The summed E-state index contributed by atoms with van der Waals surface area (Å²) in [6.07, 6.45) is 0.652. The smallest absolute Gasteiger partial charge is 0.330 e. The quantitative estimate of drug-likeness (QED) is 0.769. The molecule has 2 rings (SSSR count).